The van der Waals surface area contributed by atoms with E-state index in [1.165, 1.54) is 5.56 Å². The lowest BCUT2D eigenvalue weighted by Gasteiger charge is -2.36. The Morgan fingerprint density at radius 2 is 1.95 bits per heavy atom. The molecule has 2 rings (SSSR count). The van der Waals surface area contributed by atoms with E-state index in [2.05, 4.69) is 48.1 Å². The average Bonchev–Trinajstić information content (AvgIpc) is 2.37. The first-order valence-corrected chi connectivity index (χ1v) is 8.05. The zero-order chi connectivity index (χ0) is 14.7. The Morgan fingerprint density at radius 3 is 2.55 bits per heavy atom. The van der Waals surface area contributed by atoms with E-state index >= 15 is 0 Å². The van der Waals surface area contributed by atoms with E-state index in [4.69, 9.17) is 0 Å². The summed E-state index contributed by atoms with van der Waals surface area (Å²) in [6, 6.07) is 8.90. The maximum atomic E-state index is 12.5. The molecule has 0 aliphatic carbocycles. The van der Waals surface area contributed by atoms with Gasteiger partial charge in [-0.25, -0.2) is 0 Å². The molecule has 3 nitrogen and oxygen atoms in total. The van der Waals surface area contributed by atoms with E-state index in [1.54, 1.807) is 0 Å². The van der Waals surface area contributed by atoms with Gasteiger partial charge in [-0.1, -0.05) is 41.1 Å². The average molecular weight is 339 g/mol. The predicted molar refractivity (Wildman–Crippen MR) is 85.8 cm³/mol. The minimum Gasteiger partial charge on any atom is -0.340 e. The number of carbonyl (C=O) groups excluding carboxylic acids is 1. The quantitative estimate of drug-likeness (QED) is 0.918. The van der Waals surface area contributed by atoms with E-state index in [0.717, 1.165) is 17.6 Å². The van der Waals surface area contributed by atoms with Crippen LogP contribution in [0.3, 0.4) is 0 Å². The molecule has 0 unspecified atom stereocenters. The molecule has 0 radical (unpaired) electrons. The lowest BCUT2D eigenvalue weighted by Crippen LogP contribution is -2.55. The van der Waals surface area contributed by atoms with E-state index < -0.39 is 0 Å². The second-order valence-corrected chi connectivity index (χ2v) is 6.75. The third-order valence-electron chi connectivity index (χ3n) is 3.83. The van der Waals surface area contributed by atoms with Crippen LogP contribution in [0.5, 0.6) is 0 Å². The summed E-state index contributed by atoms with van der Waals surface area (Å²) < 4.78 is 1.09. The first-order chi connectivity index (χ1) is 9.47. The van der Waals surface area contributed by atoms with E-state index in [0.29, 0.717) is 18.5 Å². The number of benzene rings is 1. The molecule has 20 heavy (non-hydrogen) atoms. The number of nitrogens with one attached hydrogen (secondary N) is 1. The van der Waals surface area contributed by atoms with Crippen LogP contribution in [-0.2, 0) is 4.79 Å². The summed E-state index contributed by atoms with van der Waals surface area (Å²) in [5.74, 6) is 0.493. The standard InChI is InChI=1S/C16H23BrN2O/c1-11(14-6-4-5-7-15(14)17)8-16(20)19-9-12(2)18-13(3)10-19/h4-7,11-13,18H,8-10H2,1-3H3/t11-,12-,13+/m0/s1. The molecule has 1 aliphatic rings. The van der Waals surface area contributed by atoms with Crippen LogP contribution in [0.2, 0.25) is 0 Å². The number of piperazine rings is 1. The Labute approximate surface area is 129 Å². The van der Waals surface area contributed by atoms with Gasteiger partial charge in [0, 0.05) is 36.1 Å². The maximum absolute atomic E-state index is 12.5. The van der Waals surface area contributed by atoms with Crippen LogP contribution < -0.4 is 5.32 Å². The molecule has 0 saturated carbocycles. The van der Waals surface area contributed by atoms with Crippen molar-refractivity contribution in [3.8, 4) is 0 Å². The third-order valence-corrected chi connectivity index (χ3v) is 4.55. The van der Waals surface area contributed by atoms with Crippen molar-refractivity contribution in [3.05, 3.63) is 34.3 Å². The van der Waals surface area contributed by atoms with Gasteiger partial charge in [-0.2, -0.15) is 0 Å². The Morgan fingerprint density at radius 1 is 1.35 bits per heavy atom. The highest BCUT2D eigenvalue weighted by Gasteiger charge is 2.26. The molecule has 1 N–H and O–H groups in total. The van der Waals surface area contributed by atoms with Crippen molar-refractivity contribution in [2.45, 2.75) is 45.2 Å². The molecule has 1 fully saturated rings. The Balaban J connectivity index is 1.99. The molecule has 1 aromatic rings. The van der Waals surface area contributed by atoms with Crippen molar-refractivity contribution in [2.75, 3.05) is 13.1 Å². The fraction of sp³-hybridized carbons (Fsp3) is 0.562. The summed E-state index contributed by atoms with van der Waals surface area (Å²) in [5, 5.41) is 3.46. The minimum absolute atomic E-state index is 0.235. The topological polar surface area (TPSA) is 32.3 Å². The van der Waals surface area contributed by atoms with Crippen LogP contribution in [0.4, 0.5) is 0 Å². The molecule has 4 heteroatoms. The monoisotopic (exact) mass is 338 g/mol. The molecule has 1 saturated heterocycles. The summed E-state index contributed by atoms with van der Waals surface area (Å²) in [5.41, 5.74) is 1.21. The molecule has 0 aromatic heterocycles. The normalized spacial score (nSPS) is 24.5. The van der Waals surface area contributed by atoms with Crippen LogP contribution in [0.25, 0.3) is 0 Å². The molecular formula is C16H23BrN2O. The van der Waals surface area contributed by atoms with Crippen molar-refractivity contribution in [1.29, 1.82) is 0 Å². The van der Waals surface area contributed by atoms with Crippen LogP contribution in [-0.4, -0.2) is 36.0 Å². The number of amides is 1. The Hall–Kier alpha value is -0.870. The summed E-state index contributed by atoms with van der Waals surface area (Å²) in [7, 11) is 0. The number of hydrogen-bond acceptors (Lipinski definition) is 2. The summed E-state index contributed by atoms with van der Waals surface area (Å²) in [4.78, 5) is 14.5. The van der Waals surface area contributed by atoms with Crippen molar-refractivity contribution in [1.82, 2.24) is 10.2 Å². The van der Waals surface area contributed by atoms with Crippen LogP contribution in [0, 0.1) is 0 Å². The zero-order valence-corrected chi connectivity index (χ0v) is 14.0. The number of carbonyl (C=O) groups is 1. The van der Waals surface area contributed by atoms with Gasteiger partial charge < -0.3 is 10.2 Å². The van der Waals surface area contributed by atoms with Crippen molar-refractivity contribution >= 4 is 21.8 Å². The molecule has 1 aromatic carbocycles. The van der Waals surface area contributed by atoms with E-state index in [9.17, 15) is 4.79 Å². The molecule has 1 heterocycles. The third kappa shape index (κ3) is 3.83. The van der Waals surface area contributed by atoms with Gasteiger partial charge in [0.05, 0.1) is 0 Å². The van der Waals surface area contributed by atoms with Crippen molar-refractivity contribution in [2.24, 2.45) is 0 Å². The molecule has 3 atom stereocenters. The highest BCUT2D eigenvalue weighted by molar-refractivity contribution is 9.10. The Bertz CT molecular complexity index is 467. The summed E-state index contributed by atoms with van der Waals surface area (Å²) >= 11 is 3.57. The first-order valence-electron chi connectivity index (χ1n) is 7.25. The summed E-state index contributed by atoms with van der Waals surface area (Å²) in [6.07, 6.45) is 0.571. The second-order valence-electron chi connectivity index (χ2n) is 5.89. The molecule has 110 valence electrons. The van der Waals surface area contributed by atoms with Gasteiger partial charge in [-0.3, -0.25) is 4.79 Å². The van der Waals surface area contributed by atoms with E-state index in [-0.39, 0.29) is 11.8 Å². The number of hydrogen-bond donors (Lipinski definition) is 1. The van der Waals surface area contributed by atoms with Crippen LogP contribution in [0.15, 0.2) is 28.7 Å². The molecular weight excluding hydrogens is 316 g/mol. The summed E-state index contributed by atoms with van der Waals surface area (Å²) in [6.45, 7) is 8.01. The number of nitrogens with zero attached hydrogens (tertiary/aromatic N) is 1. The minimum atomic E-state index is 0.235. The lowest BCUT2D eigenvalue weighted by molar-refractivity contribution is -0.133. The smallest absolute Gasteiger partial charge is 0.223 e. The van der Waals surface area contributed by atoms with Gasteiger partial charge >= 0.3 is 0 Å². The van der Waals surface area contributed by atoms with Gasteiger partial charge in [0.2, 0.25) is 5.91 Å². The lowest BCUT2D eigenvalue weighted by atomic mass is 9.97. The van der Waals surface area contributed by atoms with Gasteiger partial charge in [0.1, 0.15) is 0 Å². The molecule has 1 aliphatic heterocycles. The maximum Gasteiger partial charge on any atom is 0.223 e. The fourth-order valence-electron chi connectivity index (χ4n) is 2.91. The molecule has 0 spiro atoms. The fourth-order valence-corrected chi connectivity index (χ4v) is 3.58. The zero-order valence-electron chi connectivity index (χ0n) is 12.4. The van der Waals surface area contributed by atoms with E-state index in [1.807, 2.05) is 23.1 Å². The van der Waals surface area contributed by atoms with Gasteiger partial charge in [-0.05, 0) is 31.4 Å². The predicted octanol–water partition coefficient (Wildman–Crippen LogP) is 3.15. The number of rotatable bonds is 3. The Kier molecular flexibility index (Phi) is 5.22. The van der Waals surface area contributed by atoms with Crippen molar-refractivity contribution in [3.63, 3.8) is 0 Å². The van der Waals surface area contributed by atoms with Gasteiger partial charge in [-0.15, -0.1) is 0 Å². The molecule has 0 bridgehead atoms. The first kappa shape index (κ1) is 15.5. The number of halogens is 1. The van der Waals surface area contributed by atoms with Crippen LogP contribution >= 0.6 is 15.9 Å². The second kappa shape index (κ2) is 6.72. The SMILES string of the molecule is C[C@@H]1CN(C(=O)C[C@H](C)c2ccccc2Br)C[C@H](C)N1. The van der Waals surface area contributed by atoms with Crippen LogP contribution in [0.1, 0.15) is 38.7 Å². The highest BCUT2D eigenvalue weighted by atomic mass is 79.9. The van der Waals surface area contributed by atoms with Crippen molar-refractivity contribution < 1.29 is 4.79 Å². The molecule has 1 amide bonds. The highest BCUT2D eigenvalue weighted by Crippen LogP contribution is 2.27. The van der Waals surface area contributed by atoms with Gasteiger partial charge in [0.25, 0.3) is 0 Å². The van der Waals surface area contributed by atoms with Gasteiger partial charge in [0.15, 0.2) is 0 Å². The largest absolute Gasteiger partial charge is 0.340 e.